The summed E-state index contributed by atoms with van der Waals surface area (Å²) in [5, 5.41) is 3.68. The SMILES string of the molecule is CC(C)C1(C)CCNC2(CC2)C1. The smallest absolute Gasteiger partial charge is 0.0188 e. The lowest BCUT2D eigenvalue weighted by molar-refractivity contribution is 0.114. The molecule has 1 N–H and O–H groups in total. The van der Waals surface area contributed by atoms with Crippen LogP contribution in [0.3, 0.4) is 0 Å². The Hall–Kier alpha value is -0.0400. The van der Waals surface area contributed by atoms with Crippen molar-refractivity contribution >= 4 is 0 Å². The van der Waals surface area contributed by atoms with Crippen LogP contribution in [0.2, 0.25) is 0 Å². The van der Waals surface area contributed by atoms with Gasteiger partial charge in [-0.15, -0.1) is 0 Å². The van der Waals surface area contributed by atoms with Crippen LogP contribution in [-0.4, -0.2) is 12.1 Å². The van der Waals surface area contributed by atoms with Gasteiger partial charge in [-0.2, -0.15) is 0 Å². The van der Waals surface area contributed by atoms with Crippen LogP contribution in [0.15, 0.2) is 0 Å². The Morgan fingerprint density at radius 1 is 1.17 bits per heavy atom. The largest absolute Gasteiger partial charge is 0.311 e. The van der Waals surface area contributed by atoms with Gasteiger partial charge in [0.2, 0.25) is 0 Å². The van der Waals surface area contributed by atoms with Crippen LogP contribution in [0.4, 0.5) is 0 Å². The van der Waals surface area contributed by atoms with E-state index in [0.717, 1.165) is 5.92 Å². The average Bonchev–Trinajstić information content (AvgIpc) is 2.68. The third kappa shape index (κ3) is 1.28. The van der Waals surface area contributed by atoms with Gasteiger partial charge >= 0.3 is 0 Å². The molecule has 1 saturated carbocycles. The molecule has 1 saturated heterocycles. The van der Waals surface area contributed by atoms with Gasteiger partial charge in [-0.1, -0.05) is 20.8 Å². The van der Waals surface area contributed by atoms with Crippen molar-refractivity contribution < 1.29 is 0 Å². The first-order valence-corrected chi connectivity index (χ1v) is 5.31. The molecule has 0 aromatic rings. The molecule has 0 aromatic heterocycles. The zero-order valence-electron chi connectivity index (χ0n) is 8.61. The summed E-state index contributed by atoms with van der Waals surface area (Å²) < 4.78 is 0. The van der Waals surface area contributed by atoms with Crippen LogP contribution in [0.1, 0.15) is 46.5 Å². The number of hydrogen-bond donors (Lipinski definition) is 1. The van der Waals surface area contributed by atoms with Crippen molar-refractivity contribution in [2.75, 3.05) is 6.54 Å². The van der Waals surface area contributed by atoms with Gasteiger partial charge < -0.3 is 5.32 Å². The second-order valence-electron chi connectivity index (χ2n) is 5.44. The number of nitrogens with one attached hydrogen (secondary N) is 1. The third-order valence-electron chi connectivity index (χ3n) is 4.19. The lowest BCUT2D eigenvalue weighted by atomic mass is 9.69. The monoisotopic (exact) mass is 167 g/mol. The molecule has 2 fully saturated rings. The van der Waals surface area contributed by atoms with Gasteiger partial charge in [-0.3, -0.25) is 0 Å². The molecule has 1 unspecified atom stereocenters. The van der Waals surface area contributed by atoms with Gasteiger partial charge in [0.1, 0.15) is 0 Å². The van der Waals surface area contributed by atoms with Crippen LogP contribution in [0.5, 0.6) is 0 Å². The predicted molar refractivity (Wildman–Crippen MR) is 52.1 cm³/mol. The fourth-order valence-electron chi connectivity index (χ4n) is 2.53. The molecule has 2 rings (SSSR count). The molecule has 0 bridgehead atoms. The summed E-state index contributed by atoms with van der Waals surface area (Å²) in [4.78, 5) is 0. The van der Waals surface area contributed by atoms with Gasteiger partial charge in [0.15, 0.2) is 0 Å². The maximum absolute atomic E-state index is 3.68. The van der Waals surface area contributed by atoms with E-state index in [9.17, 15) is 0 Å². The van der Waals surface area contributed by atoms with Crippen molar-refractivity contribution in [3.8, 4) is 0 Å². The minimum Gasteiger partial charge on any atom is -0.311 e. The Bertz CT molecular complexity index is 181. The van der Waals surface area contributed by atoms with Crippen LogP contribution in [0, 0.1) is 11.3 Å². The Labute approximate surface area is 75.9 Å². The fraction of sp³-hybridized carbons (Fsp3) is 1.00. The molecule has 70 valence electrons. The maximum Gasteiger partial charge on any atom is 0.0188 e. The summed E-state index contributed by atoms with van der Waals surface area (Å²) in [6.45, 7) is 8.47. The number of rotatable bonds is 1. The zero-order chi connectivity index (χ0) is 8.82. The van der Waals surface area contributed by atoms with E-state index in [1.54, 1.807) is 0 Å². The van der Waals surface area contributed by atoms with Crippen molar-refractivity contribution in [3.63, 3.8) is 0 Å². The summed E-state index contributed by atoms with van der Waals surface area (Å²) in [6, 6.07) is 0. The summed E-state index contributed by atoms with van der Waals surface area (Å²) >= 11 is 0. The summed E-state index contributed by atoms with van der Waals surface area (Å²) in [6.07, 6.45) is 5.63. The van der Waals surface area contributed by atoms with Crippen molar-refractivity contribution in [3.05, 3.63) is 0 Å². The van der Waals surface area contributed by atoms with Crippen molar-refractivity contribution in [2.45, 2.75) is 52.0 Å². The van der Waals surface area contributed by atoms with Crippen molar-refractivity contribution in [1.82, 2.24) is 5.32 Å². The minimum absolute atomic E-state index is 0.595. The van der Waals surface area contributed by atoms with Crippen molar-refractivity contribution in [2.24, 2.45) is 11.3 Å². The molecule has 1 aliphatic carbocycles. The normalized spacial score (nSPS) is 39.0. The van der Waals surface area contributed by atoms with Crippen LogP contribution >= 0.6 is 0 Å². The Balaban J connectivity index is 2.07. The second-order valence-corrected chi connectivity index (χ2v) is 5.44. The van der Waals surface area contributed by atoms with Gasteiger partial charge in [0.05, 0.1) is 0 Å². The highest BCUT2D eigenvalue weighted by Crippen LogP contribution is 2.51. The third-order valence-corrected chi connectivity index (χ3v) is 4.19. The Morgan fingerprint density at radius 2 is 1.83 bits per heavy atom. The molecular weight excluding hydrogens is 146 g/mol. The second kappa shape index (κ2) is 2.47. The minimum atomic E-state index is 0.595. The molecule has 2 aliphatic rings. The van der Waals surface area contributed by atoms with E-state index in [1.165, 1.54) is 32.2 Å². The Morgan fingerprint density at radius 3 is 2.33 bits per heavy atom. The van der Waals surface area contributed by atoms with Crippen molar-refractivity contribution in [1.29, 1.82) is 0 Å². The molecule has 0 amide bonds. The standard InChI is InChI=1S/C11H21N/c1-9(2)10(3)6-7-12-11(8-10)4-5-11/h9,12H,4-8H2,1-3H3. The van der Waals surface area contributed by atoms with Crippen LogP contribution < -0.4 is 5.32 Å². The van der Waals surface area contributed by atoms with E-state index in [1.807, 2.05) is 0 Å². The Kier molecular flexibility index (Phi) is 1.76. The molecule has 12 heavy (non-hydrogen) atoms. The van der Waals surface area contributed by atoms with Gasteiger partial charge in [0, 0.05) is 5.54 Å². The fourth-order valence-corrected chi connectivity index (χ4v) is 2.53. The number of piperidine rings is 1. The molecule has 1 heteroatoms. The van der Waals surface area contributed by atoms with Crippen LogP contribution in [-0.2, 0) is 0 Å². The summed E-state index contributed by atoms with van der Waals surface area (Å²) in [5.41, 5.74) is 1.21. The lowest BCUT2D eigenvalue weighted by Crippen LogP contribution is -2.46. The van der Waals surface area contributed by atoms with E-state index >= 15 is 0 Å². The van der Waals surface area contributed by atoms with E-state index < -0.39 is 0 Å². The number of hydrogen-bond acceptors (Lipinski definition) is 1. The van der Waals surface area contributed by atoms with Gasteiger partial charge in [-0.05, 0) is 43.6 Å². The van der Waals surface area contributed by atoms with E-state index in [0.29, 0.717) is 11.0 Å². The highest BCUT2D eigenvalue weighted by molar-refractivity contribution is 5.08. The summed E-state index contributed by atoms with van der Waals surface area (Å²) in [5.74, 6) is 0.845. The van der Waals surface area contributed by atoms with E-state index in [4.69, 9.17) is 0 Å². The van der Waals surface area contributed by atoms with E-state index in [-0.39, 0.29) is 0 Å². The lowest BCUT2D eigenvalue weighted by Gasteiger charge is -2.42. The van der Waals surface area contributed by atoms with Crippen LogP contribution in [0.25, 0.3) is 0 Å². The molecule has 0 aromatic carbocycles. The quantitative estimate of drug-likeness (QED) is 0.633. The molecule has 0 radical (unpaired) electrons. The molecular formula is C11H21N. The molecule has 1 heterocycles. The van der Waals surface area contributed by atoms with Gasteiger partial charge in [0.25, 0.3) is 0 Å². The molecule has 1 spiro atoms. The first kappa shape index (κ1) is 8.55. The average molecular weight is 167 g/mol. The highest BCUT2D eigenvalue weighted by Gasteiger charge is 2.50. The van der Waals surface area contributed by atoms with E-state index in [2.05, 4.69) is 26.1 Å². The maximum atomic E-state index is 3.68. The summed E-state index contributed by atoms with van der Waals surface area (Å²) in [7, 11) is 0. The zero-order valence-corrected chi connectivity index (χ0v) is 8.61. The highest BCUT2D eigenvalue weighted by atomic mass is 15.0. The first-order chi connectivity index (χ1) is 5.56. The predicted octanol–water partition coefficient (Wildman–Crippen LogP) is 2.56. The molecule has 1 atom stereocenters. The van der Waals surface area contributed by atoms with Gasteiger partial charge in [-0.25, -0.2) is 0 Å². The molecule has 1 aliphatic heterocycles. The topological polar surface area (TPSA) is 12.0 Å². The first-order valence-electron chi connectivity index (χ1n) is 5.31. The molecule has 1 nitrogen and oxygen atoms in total.